The maximum absolute atomic E-state index is 14.0. The minimum atomic E-state index is -2.94. The Kier molecular flexibility index (Phi) is 6.78. The standard InChI is InChI=1S/C23H29ClF2N6O3/c1-22(2,35)6-9-32-18-10-15(4-5-17(18)30(3)21(32)34)28-19-16(24)11-27-20(29-19)31-8-7-23(25,26)14(12-31)13-33/h4-5,10-11,14,33,35H,6-9,12-13H2,1-3H3,(H,27,28,29). The van der Waals surface area contributed by atoms with E-state index in [0.29, 0.717) is 24.2 Å². The van der Waals surface area contributed by atoms with Crippen LogP contribution in [0.2, 0.25) is 5.02 Å². The molecule has 3 N–H and O–H groups in total. The summed E-state index contributed by atoms with van der Waals surface area (Å²) in [6, 6.07) is 5.38. The zero-order valence-corrected chi connectivity index (χ0v) is 20.6. The maximum Gasteiger partial charge on any atom is 0.328 e. The summed E-state index contributed by atoms with van der Waals surface area (Å²) in [5, 5.41) is 22.8. The molecule has 0 radical (unpaired) electrons. The van der Waals surface area contributed by atoms with E-state index >= 15 is 0 Å². The number of nitrogens with zero attached hydrogens (tertiary/aromatic N) is 5. The van der Waals surface area contributed by atoms with Gasteiger partial charge in [-0.3, -0.25) is 9.13 Å². The molecule has 1 fully saturated rings. The van der Waals surface area contributed by atoms with E-state index < -0.39 is 30.5 Å². The first-order valence-electron chi connectivity index (χ1n) is 11.3. The van der Waals surface area contributed by atoms with E-state index in [1.165, 1.54) is 6.20 Å². The molecule has 0 bridgehead atoms. The lowest BCUT2D eigenvalue weighted by molar-refractivity contribution is -0.0881. The number of piperidine rings is 1. The molecular weight excluding hydrogens is 482 g/mol. The fraction of sp³-hybridized carbons (Fsp3) is 0.522. The minimum absolute atomic E-state index is 0.0496. The van der Waals surface area contributed by atoms with Crippen LogP contribution in [0.4, 0.5) is 26.2 Å². The van der Waals surface area contributed by atoms with Gasteiger partial charge in [-0.25, -0.2) is 18.6 Å². The Balaban J connectivity index is 1.62. The fourth-order valence-corrected chi connectivity index (χ4v) is 4.31. The van der Waals surface area contributed by atoms with Gasteiger partial charge in [0.2, 0.25) is 5.95 Å². The summed E-state index contributed by atoms with van der Waals surface area (Å²) >= 11 is 6.31. The topological polar surface area (TPSA) is 108 Å². The number of imidazole rings is 1. The zero-order valence-electron chi connectivity index (χ0n) is 19.8. The van der Waals surface area contributed by atoms with Gasteiger partial charge in [0.25, 0.3) is 5.92 Å². The molecule has 1 saturated heterocycles. The van der Waals surface area contributed by atoms with E-state index in [2.05, 4.69) is 15.3 Å². The van der Waals surface area contributed by atoms with Gasteiger partial charge in [-0.05, 0) is 38.5 Å². The number of anilines is 3. The molecule has 1 atom stereocenters. The van der Waals surface area contributed by atoms with Crippen LogP contribution in [0, 0.1) is 5.92 Å². The van der Waals surface area contributed by atoms with Crippen molar-refractivity contribution in [1.29, 1.82) is 0 Å². The summed E-state index contributed by atoms with van der Waals surface area (Å²) < 4.78 is 31.1. The van der Waals surface area contributed by atoms with Crippen LogP contribution in [0.1, 0.15) is 26.7 Å². The molecule has 2 aromatic heterocycles. The van der Waals surface area contributed by atoms with Gasteiger partial charge < -0.3 is 20.4 Å². The third-order valence-electron chi connectivity index (χ3n) is 6.34. The number of hydrogen-bond donors (Lipinski definition) is 3. The van der Waals surface area contributed by atoms with Crippen molar-refractivity contribution in [3.05, 3.63) is 39.9 Å². The van der Waals surface area contributed by atoms with Crippen molar-refractivity contribution in [2.75, 3.05) is 29.9 Å². The van der Waals surface area contributed by atoms with Crippen LogP contribution in [0.5, 0.6) is 0 Å². The second-order valence-electron chi connectivity index (χ2n) is 9.59. The van der Waals surface area contributed by atoms with E-state index in [9.17, 15) is 23.8 Å². The molecule has 1 unspecified atom stereocenters. The van der Waals surface area contributed by atoms with E-state index in [0.717, 1.165) is 5.52 Å². The first kappa shape index (κ1) is 25.3. The van der Waals surface area contributed by atoms with Crippen molar-refractivity contribution in [3.63, 3.8) is 0 Å². The van der Waals surface area contributed by atoms with E-state index in [-0.39, 0.29) is 35.6 Å². The lowest BCUT2D eigenvalue weighted by Crippen LogP contribution is -2.49. The van der Waals surface area contributed by atoms with Gasteiger partial charge in [0.05, 0.1) is 35.4 Å². The van der Waals surface area contributed by atoms with Crippen LogP contribution in [0.25, 0.3) is 11.0 Å². The minimum Gasteiger partial charge on any atom is -0.396 e. The molecule has 0 spiro atoms. The Morgan fingerprint density at radius 3 is 2.74 bits per heavy atom. The van der Waals surface area contributed by atoms with Crippen LogP contribution < -0.4 is 15.9 Å². The molecule has 0 amide bonds. The number of aryl methyl sites for hydroxylation is 2. The van der Waals surface area contributed by atoms with E-state index in [1.54, 1.807) is 53.1 Å². The van der Waals surface area contributed by atoms with Crippen molar-refractivity contribution < 1.29 is 19.0 Å². The molecule has 9 nitrogen and oxygen atoms in total. The van der Waals surface area contributed by atoms with Crippen LogP contribution >= 0.6 is 11.6 Å². The summed E-state index contributed by atoms with van der Waals surface area (Å²) in [5.74, 6) is -3.62. The second-order valence-corrected chi connectivity index (χ2v) is 9.99. The molecule has 1 aliphatic heterocycles. The third-order valence-corrected chi connectivity index (χ3v) is 6.62. The third kappa shape index (κ3) is 5.26. The Morgan fingerprint density at radius 2 is 2.06 bits per heavy atom. The molecule has 1 aliphatic rings. The lowest BCUT2D eigenvalue weighted by Gasteiger charge is -2.37. The predicted molar refractivity (Wildman–Crippen MR) is 131 cm³/mol. The molecule has 0 saturated carbocycles. The monoisotopic (exact) mass is 510 g/mol. The highest BCUT2D eigenvalue weighted by Crippen LogP contribution is 2.35. The largest absolute Gasteiger partial charge is 0.396 e. The van der Waals surface area contributed by atoms with Crippen LogP contribution in [-0.2, 0) is 13.6 Å². The number of aromatic nitrogens is 4. The predicted octanol–water partition coefficient (Wildman–Crippen LogP) is 3.14. The van der Waals surface area contributed by atoms with Crippen molar-refractivity contribution in [2.45, 2.75) is 44.8 Å². The Bertz CT molecular complexity index is 1290. The van der Waals surface area contributed by atoms with Crippen molar-refractivity contribution in [3.8, 4) is 0 Å². The zero-order chi connectivity index (χ0) is 25.5. The van der Waals surface area contributed by atoms with Crippen molar-refractivity contribution in [2.24, 2.45) is 13.0 Å². The quantitative estimate of drug-likeness (QED) is 0.448. The smallest absolute Gasteiger partial charge is 0.328 e. The van der Waals surface area contributed by atoms with Crippen LogP contribution in [0.3, 0.4) is 0 Å². The van der Waals surface area contributed by atoms with Gasteiger partial charge in [-0.1, -0.05) is 11.6 Å². The number of alkyl halides is 2. The first-order chi connectivity index (χ1) is 16.4. The van der Waals surface area contributed by atoms with Gasteiger partial charge in [-0.2, -0.15) is 4.98 Å². The van der Waals surface area contributed by atoms with Crippen molar-refractivity contribution in [1.82, 2.24) is 19.1 Å². The number of benzene rings is 1. The summed E-state index contributed by atoms with van der Waals surface area (Å²) in [6.07, 6.45) is 1.39. The van der Waals surface area contributed by atoms with Crippen LogP contribution in [0.15, 0.2) is 29.2 Å². The maximum atomic E-state index is 14.0. The molecule has 0 aliphatic carbocycles. The van der Waals surface area contributed by atoms with Gasteiger partial charge in [-0.15, -0.1) is 0 Å². The number of nitrogens with one attached hydrogen (secondary N) is 1. The fourth-order valence-electron chi connectivity index (χ4n) is 4.18. The molecule has 35 heavy (non-hydrogen) atoms. The summed E-state index contributed by atoms with van der Waals surface area (Å²) in [4.78, 5) is 23.0. The highest BCUT2D eigenvalue weighted by molar-refractivity contribution is 6.32. The summed E-state index contributed by atoms with van der Waals surface area (Å²) in [7, 11) is 1.69. The van der Waals surface area contributed by atoms with Gasteiger partial charge >= 0.3 is 5.69 Å². The molecular formula is C23H29ClF2N6O3. The lowest BCUT2D eigenvalue weighted by atomic mass is 9.94. The molecule has 190 valence electrons. The molecule has 3 heterocycles. The van der Waals surface area contributed by atoms with E-state index in [1.807, 2.05) is 0 Å². The Hall–Kier alpha value is -2.76. The van der Waals surface area contributed by atoms with Gasteiger partial charge in [0, 0.05) is 38.8 Å². The van der Waals surface area contributed by atoms with Crippen molar-refractivity contribution >= 4 is 40.1 Å². The normalized spacial score (nSPS) is 18.3. The van der Waals surface area contributed by atoms with Gasteiger partial charge in [0.15, 0.2) is 5.82 Å². The summed E-state index contributed by atoms with van der Waals surface area (Å²) in [5.41, 5.74) is 0.918. The first-order valence-corrected chi connectivity index (χ1v) is 11.7. The van der Waals surface area contributed by atoms with Gasteiger partial charge in [0.1, 0.15) is 5.02 Å². The highest BCUT2D eigenvalue weighted by Gasteiger charge is 2.44. The number of halogens is 3. The molecule has 12 heteroatoms. The van der Waals surface area contributed by atoms with E-state index in [4.69, 9.17) is 11.6 Å². The number of fused-ring (bicyclic) bond motifs is 1. The summed E-state index contributed by atoms with van der Waals surface area (Å²) in [6.45, 7) is 3.07. The molecule has 1 aromatic carbocycles. The highest BCUT2D eigenvalue weighted by atomic mass is 35.5. The number of hydrogen-bond acceptors (Lipinski definition) is 7. The number of rotatable bonds is 7. The molecule has 3 aromatic rings. The average Bonchev–Trinajstić information content (AvgIpc) is 3.02. The Morgan fingerprint density at radius 1 is 1.31 bits per heavy atom. The number of aliphatic hydroxyl groups is 2. The molecule has 4 rings (SSSR count). The SMILES string of the molecule is Cn1c(=O)n(CCC(C)(C)O)c2cc(Nc3nc(N4CCC(F)(F)C(CO)C4)ncc3Cl)ccc21. The average molecular weight is 511 g/mol. The van der Waals surface area contributed by atoms with Crippen LogP contribution in [-0.4, -0.2) is 60.5 Å². The Labute approximate surface area is 206 Å². The second kappa shape index (κ2) is 9.36. The number of aliphatic hydroxyl groups excluding tert-OH is 1.